The first-order valence-electron chi connectivity index (χ1n) is 4.93. The van der Waals surface area contributed by atoms with Crippen molar-refractivity contribution in [3.05, 3.63) is 0 Å². The summed E-state index contributed by atoms with van der Waals surface area (Å²) in [6.07, 6.45) is -4.74. The molecular formula is C9H13ClF3NO2. The van der Waals surface area contributed by atoms with Crippen molar-refractivity contribution in [3.8, 4) is 0 Å². The molecular weight excluding hydrogens is 247 g/mol. The zero-order valence-electron chi connectivity index (χ0n) is 8.68. The molecule has 0 aromatic rings. The number of amides is 1. The number of carbonyl (C=O) groups excluding carboxylic acids is 1. The molecule has 1 rings (SSSR count). The monoisotopic (exact) mass is 259 g/mol. The van der Waals surface area contributed by atoms with Crippen molar-refractivity contribution in [1.29, 1.82) is 0 Å². The maximum Gasteiger partial charge on any atom is 0.522 e. The number of hydrogen-bond acceptors (Lipinski definition) is 2. The van der Waals surface area contributed by atoms with Crippen LogP contribution in [-0.4, -0.2) is 29.8 Å². The van der Waals surface area contributed by atoms with Crippen LogP contribution in [0.4, 0.5) is 13.2 Å². The maximum atomic E-state index is 12.0. The lowest BCUT2D eigenvalue weighted by Crippen LogP contribution is -2.44. The van der Waals surface area contributed by atoms with Crippen molar-refractivity contribution >= 4 is 17.5 Å². The third-order valence-corrected chi connectivity index (χ3v) is 2.86. The van der Waals surface area contributed by atoms with E-state index in [1.54, 1.807) is 0 Å². The van der Waals surface area contributed by atoms with Crippen LogP contribution >= 0.6 is 11.6 Å². The molecule has 0 aromatic heterocycles. The van der Waals surface area contributed by atoms with Gasteiger partial charge in [0.1, 0.15) is 0 Å². The molecule has 0 aliphatic heterocycles. The molecule has 1 N–H and O–H groups in total. The largest absolute Gasteiger partial charge is 0.522 e. The van der Waals surface area contributed by atoms with Crippen molar-refractivity contribution in [2.24, 2.45) is 0 Å². The highest BCUT2D eigenvalue weighted by Gasteiger charge is 2.39. The van der Waals surface area contributed by atoms with Crippen LogP contribution in [0, 0.1) is 0 Å². The molecule has 0 heterocycles. The van der Waals surface area contributed by atoms with Crippen molar-refractivity contribution in [2.45, 2.75) is 50.1 Å². The van der Waals surface area contributed by atoms with Crippen molar-refractivity contribution < 1.29 is 22.7 Å². The van der Waals surface area contributed by atoms with Gasteiger partial charge >= 0.3 is 6.36 Å². The molecule has 1 aliphatic carbocycles. The van der Waals surface area contributed by atoms with Crippen molar-refractivity contribution in [1.82, 2.24) is 5.32 Å². The Labute approximate surface area is 96.3 Å². The number of ether oxygens (including phenoxy) is 1. The minimum atomic E-state index is -4.65. The van der Waals surface area contributed by atoms with Gasteiger partial charge in [0.15, 0.2) is 0 Å². The van der Waals surface area contributed by atoms with Crippen LogP contribution < -0.4 is 5.32 Å². The van der Waals surface area contributed by atoms with Gasteiger partial charge in [-0.15, -0.1) is 24.8 Å². The van der Waals surface area contributed by atoms with E-state index < -0.39 is 17.8 Å². The van der Waals surface area contributed by atoms with Gasteiger partial charge in [-0.25, -0.2) is 0 Å². The van der Waals surface area contributed by atoms with E-state index in [1.807, 2.05) is 0 Å². The summed E-state index contributed by atoms with van der Waals surface area (Å²) in [5.41, 5.74) is 0. The van der Waals surface area contributed by atoms with Gasteiger partial charge in [0.05, 0.1) is 11.5 Å². The molecule has 7 heteroatoms. The minimum Gasteiger partial charge on any atom is -0.354 e. The molecule has 0 radical (unpaired) electrons. The quantitative estimate of drug-likeness (QED) is 0.772. The topological polar surface area (TPSA) is 38.3 Å². The maximum absolute atomic E-state index is 12.0. The van der Waals surface area contributed by atoms with Gasteiger partial charge in [-0.05, 0) is 19.3 Å². The number of alkyl halides is 4. The molecule has 3 unspecified atom stereocenters. The Morgan fingerprint density at radius 3 is 2.50 bits per heavy atom. The Hall–Kier alpha value is -0.490. The van der Waals surface area contributed by atoms with E-state index in [0.29, 0.717) is 12.8 Å². The second-order valence-electron chi connectivity index (χ2n) is 3.83. The Morgan fingerprint density at radius 1 is 1.44 bits per heavy atom. The van der Waals surface area contributed by atoms with Crippen LogP contribution in [0.5, 0.6) is 0 Å². The first-order chi connectivity index (χ1) is 7.28. The summed E-state index contributed by atoms with van der Waals surface area (Å²) in [5, 5.41) is 1.91. The Kier molecular flexibility index (Phi) is 4.43. The fraction of sp³-hybridized carbons (Fsp3) is 0.889. The molecule has 0 spiro atoms. The van der Waals surface area contributed by atoms with Crippen LogP contribution in [0.2, 0.25) is 0 Å². The van der Waals surface area contributed by atoms with E-state index in [2.05, 4.69) is 10.1 Å². The number of nitrogens with one attached hydrogen (secondary N) is 1. The predicted molar refractivity (Wildman–Crippen MR) is 52.0 cm³/mol. The van der Waals surface area contributed by atoms with E-state index in [1.165, 1.54) is 6.92 Å². The van der Waals surface area contributed by atoms with Gasteiger partial charge in [-0.3, -0.25) is 9.53 Å². The van der Waals surface area contributed by atoms with Gasteiger partial charge in [-0.1, -0.05) is 0 Å². The third kappa shape index (κ3) is 4.57. The number of halogens is 4. The van der Waals surface area contributed by atoms with Gasteiger partial charge in [-0.2, -0.15) is 0 Å². The number of rotatable bonds is 2. The number of carbonyl (C=O) groups is 1. The summed E-state index contributed by atoms with van der Waals surface area (Å²) in [6, 6.07) is -0.159. The lowest BCUT2D eigenvalue weighted by Gasteiger charge is -2.33. The molecule has 0 saturated heterocycles. The molecule has 1 fully saturated rings. The SMILES string of the molecule is CC(=O)NC1CCC(OC(F)(F)F)C(Cl)C1. The summed E-state index contributed by atoms with van der Waals surface area (Å²) in [7, 11) is 0. The average molecular weight is 260 g/mol. The lowest BCUT2D eigenvalue weighted by molar-refractivity contribution is -0.344. The number of hydrogen-bond donors (Lipinski definition) is 1. The van der Waals surface area contributed by atoms with E-state index in [9.17, 15) is 18.0 Å². The first-order valence-corrected chi connectivity index (χ1v) is 5.37. The lowest BCUT2D eigenvalue weighted by atomic mass is 9.92. The summed E-state index contributed by atoms with van der Waals surface area (Å²) < 4.78 is 39.8. The van der Waals surface area contributed by atoms with Crippen LogP contribution in [0.15, 0.2) is 0 Å². The van der Waals surface area contributed by atoms with E-state index in [4.69, 9.17) is 11.6 Å². The standard InChI is InChI=1S/C9H13ClF3NO2/c1-5(15)14-6-2-3-8(7(10)4-6)16-9(11,12)13/h6-8H,2-4H2,1H3,(H,14,15). The van der Waals surface area contributed by atoms with E-state index >= 15 is 0 Å². The normalized spacial score (nSPS) is 31.2. The molecule has 94 valence electrons. The zero-order chi connectivity index (χ0) is 12.3. The zero-order valence-corrected chi connectivity index (χ0v) is 9.44. The molecule has 16 heavy (non-hydrogen) atoms. The highest BCUT2D eigenvalue weighted by Crippen LogP contribution is 2.31. The predicted octanol–water partition coefficient (Wildman–Crippen LogP) is 2.19. The van der Waals surface area contributed by atoms with Gasteiger partial charge in [0.25, 0.3) is 0 Å². The highest BCUT2D eigenvalue weighted by molar-refractivity contribution is 6.21. The Bertz CT molecular complexity index is 260. The Balaban J connectivity index is 2.43. The second-order valence-corrected chi connectivity index (χ2v) is 4.39. The average Bonchev–Trinajstić information content (AvgIpc) is 2.06. The summed E-state index contributed by atoms with van der Waals surface area (Å²) in [6.45, 7) is 1.36. The summed E-state index contributed by atoms with van der Waals surface area (Å²) >= 11 is 5.79. The fourth-order valence-corrected chi connectivity index (χ4v) is 2.20. The molecule has 3 nitrogen and oxygen atoms in total. The summed E-state index contributed by atoms with van der Waals surface area (Å²) in [4.78, 5) is 10.8. The first kappa shape index (κ1) is 13.6. The molecule has 3 atom stereocenters. The van der Waals surface area contributed by atoms with Gasteiger partial charge < -0.3 is 5.32 Å². The van der Waals surface area contributed by atoms with Crippen molar-refractivity contribution in [3.63, 3.8) is 0 Å². The van der Waals surface area contributed by atoms with E-state index in [0.717, 1.165) is 0 Å². The van der Waals surface area contributed by atoms with E-state index in [-0.39, 0.29) is 18.4 Å². The highest BCUT2D eigenvalue weighted by atomic mass is 35.5. The van der Waals surface area contributed by atoms with Gasteiger partial charge in [0, 0.05) is 13.0 Å². The van der Waals surface area contributed by atoms with Crippen LogP contribution in [-0.2, 0) is 9.53 Å². The van der Waals surface area contributed by atoms with Gasteiger partial charge in [0.2, 0.25) is 5.91 Å². The molecule has 1 amide bonds. The minimum absolute atomic E-state index is 0.159. The van der Waals surface area contributed by atoms with Crippen LogP contribution in [0.25, 0.3) is 0 Å². The molecule has 1 aliphatic rings. The fourth-order valence-electron chi connectivity index (χ4n) is 1.81. The van der Waals surface area contributed by atoms with Crippen LogP contribution in [0.3, 0.4) is 0 Å². The second kappa shape index (κ2) is 5.23. The van der Waals surface area contributed by atoms with Crippen molar-refractivity contribution in [2.75, 3.05) is 0 Å². The summed E-state index contributed by atoms with van der Waals surface area (Å²) in [5.74, 6) is -0.205. The molecule has 0 bridgehead atoms. The molecule has 0 aromatic carbocycles. The molecule has 1 saturated carbocycles. The third-order valence-electron chi connectivity index (χ3n) is 2.41. The Morgan fingerprint density at radius 2 is 2.06 bits per heavy atom. The van der Waals surface area contributed by atoms with Crippen LogP contribution in [0.1, 0.15) is 26.2 Å². The smallest absolute Gasteiger partial charge is 0.354 e.